The van der Waals surface area contributed by atoms with E-state index in [-0.39, 0.29) is 24.9 Å². The van der Waals surface area contributed by atoms with E-state index in [0.717, 1.165) is 12.1 Å². The molecule has 0 heterocycles. The molecule has 0 aliphatic rings. The third-order valence-electron chi connectivity index (χ3n) is 2.25. The molecule has 1 aromatic carbocycles. The van der Waals surface area contributed by atoms with Gasteiger partial charge in [0.2, 0.25) is 5.91 Å². The van der Waals surface area contributed by atoms with E-state index >= 15 is 0 Å². The number of carbonyl (C=O) groups is 1. The van der Waals surface area contributed by atoms with Crippen LogP contribution in [0.25, 0.3) is 0 Å². The standard InChI is InChI=1S/C11H14F2N2O/c1-7(5-14)11(16)15-6-8-2-3-9(12)10(13)4-8/h2-4,7H,5-6,14H2,1H3,(H,15,16). The first kappa shape index (κ1) is 12.6. The lowest BCUT2D eigenvalue weighted by Gasteiger charge is -2.09. The zero-order valence-corrected chi connectivity index (χ0v) is 8.97. The highest BCUT2D eigenvalue weighted by Gasteiger charge is 2.10. The van der Waals surface area contributed by atoms with Gasteiger partial charge in [0, 0.05) is 19.0 Å². The van der Waals surface area contributed by atoms with E-state index in [0.29, 0.717) is 5.56 Å². The molecule has 0 fully saturated rings. The number of carbonyl (C=O) groups excluding carboxylic acids is 1. The minimum Gasteiger partial charge on any atom is -0.352 e. The van der Waals surface area contributed by atoms with Crippen molar-refractivity contribution in [3.8, 4) is 0 Å². The van der Waals surface area contributed by atoms with Crippen molar-refractivity contribution in [1.82, 2.24) is 5.32 Å². The Morgan fingerprint density at radius 1 is 1.44 bits per heavy atom. The highest BCUT2D eigenvalue weighted by Crippen LogP contribution is 2.08. The molecule has 1 atom stereocenters. The van der Waals surface area contributed by atoms with E-state index in [1.807, 2.05) is 0 Å². The molecule has 1 amide bonds. The van der Waals surface area contributed by atoms with Crippen molar-refractivity contribution in [2.24, 2.45) is 11.7 Å². The van der Waals surface area contributed by atoms with Crippen molar-refractivity contribution in [1.29, 1.82) is 0 Å². The number of halogens is 2. The maximum absolute atomic E-state index is 12.8. The van der Waals surface area contributed by atoms with E-state index in [4.69, 9.17) is 5.73 Å². The number of hydrogen-bond donors (Lipinski definition) is 2. The Labute approximate surface area is 92.6 Å². The minimum absolute atomic E-state index is 0.167. The fourth-order valence-electron chi connectivity index (χ4n) is 1.12. The maximum atomic E-state index is 12.8. The van der Waals surface area contributed by atoms with Crippen LogP contribution in [0.5, 0.6) is 0 Å². The van der Waals surface area contributed by atoms with Gasteiger partial charge >= 0.3 is 0 Å². The third kappa shape index (κ3) is 3.27. The van der Waals surface area contributed by atoms with Gasteiger partial charge in [0.15, 0.2) is 11.6 Å². The smallest absolute Gasteiger partial charge is 0.224 e. The van der Waals surface area contributed by atoms with E-state index < -0.39 is 11.6 Å². The van der Waals surface area contributed by atoms with Crippen LogP contribution in [-0.2, 0) is 11.3 Å². The first-order valence-electron chi connectivity index (χ1n) is 4.96. The van der Waals surface area contributed by atoms with Crippen LogP contribution in [-0.4, -0.2) is 12.5 Å². The van der Waals surface area contributed by atoms with Gasteiger partial charge in [0.05, 0.1) is 0 Å². The van der Waals surface area contributed by atoms with Gasteiger partial charge < -0.3 is 11.1 Å². The van der Waals surface area contributed by atoms with Crippen LogP contribution in [0.4, 0.5) is 8.78 Å². The molecule has 0 aliphatic heterocycles. The molecule has 88 valence electrons. The summed E-state index contributed by atoms with van der Waals surface area (Å²) in [5.41, 5.74) is 5.83. The maximum Gasteiger partial charge on any atom is 0.224 e. The Bertz CT molecular complexity index is 382. The first-order chi connectivity index (χ1) is 7.54. The summed E-state index contributed by atoms with van der Waals surface area (Å²) < 4.78 is 25.4. The second kappa shape index (κ2) is 5.55. The molecule has 16 heavy (non-hydrogen) atoms. The molecule has 1 unspecified atom stereocenters. The SMILES string of the molecule is CC(CN)C(=O)NCc1ccc(F)c(F)c1. The normalized spacial score (nSPS) is 12.2. The summed E-state index contributed by atoms with van der Waals surface area (Å²) in [6.07, 6.45) is 0. The van der Waals surface area contributed by atoms with Crippen molar-refractivity contribution < 1.29 is 13.6 Å². The molecule has 0 saturated heterocycles. The number of nitrogens with two attached hydrogens (primary N) is 1. The second-order valence-electron chi connectivity index (χ2n) is 3.60. The van der Waals surface area contributed by atoms with Crippen LogP contribution in [0.3, 0.4) is 0 Å². The number of hydrogen-bond acceptors (Lipinski definition) is 2. The van der Waals surface area contributed by atoms with Crippen LogP contribution < -0.4 is 11.1 Å². The molecule has 1 rings (SSSR count). The topological polar surface area (TPSA) is 55.1 Å². The van der Waals surface area contributed by atoms with E-state index in [1.165, 1.54) is 6.07 Å². The van der Waals surface area contributed by atoms with E-state index in [2.05, 4.69) is 5.32 Å². The van der Waals surface area contributed by atoms with Crippen molar-refractivity contribution in [2.75, 3.05) is 6.54 Å². The predicted octanol–water partition coefficient (Wildman–Crippen LogP) is 1.18. The van der Waals surface area contributed by atoms with Crippen molar-refractivity contribution in [2.45, 2.75) is 13.5 Å². The molecule has 3 nitrogen and oxygen atoms in total. The molecule has 5 heteroatoms. The van der Waals surface area contributed by atoms with E-state index in [9.17, 15) is 13.6 Å². The van der Waals surface area contributed by atoms with Crippen LogP contribution in [0.2, 0.25) is 0 Å². The molecular weight excluding hydrogens is 214 g/mol. The van der Waals surface area contributed by atoms with Gasteiger partial charge in [-0.3, -0.25) is 4.79 Å². The second-order valence-corrected chi connectivity index (χ2v) is 3.60. The van der Waals surface area contributed by atoms with Crippen LogP contribution in [0, 0.1) is 17.6 Å². The molecule has 3 N–H and O–H groups in total. The summed E-state index contributed by atoms with van der Waals surface area (Å²) in [6.45, 7) is 2.12. The van der Waals surface area contributed by atoms with Crippen molar-refractivity contribution in [3.63, 3.8) is 0 Å². The molecule has 0 saturated carbocycles. The van der Waals surface area contributed by atoms with Gasteiger partial charge in [-0.1, -0.05) is 13.0 Å². The lowest BCUT2D eigenvalue weighted by molar-refractivity contribution is -0.124. The molecule has 0 aliphatic carbocycles. The molecule has 0 bridgehead atoms. The van der Waals surface area contributed by atoms with Gasteiger partial charge in [-0.15, -0.1) is 0 Å². The van der Waals surface area contributed by atoms with E-state index in [1.54, 1.807) is 6.92 Å². The zero-order chi connectivity index (χ0) is 12.1. The van der Waals surface area contributed by atoms with Crippen LogP contribution in [0.15, 0.2) is 18.2 Å². The Morgan fingerprint density at radius 2 is 2.12 bits per heavy atom. The summed E-state index contributed by atoms with van der Waals surface area (Å²) >= 11 is 0. The monoisotopic (exact) mass is 228 g/mol. The summed E-state index contributed by atoms with van der Waals surface area (Å²) in [5, 5.41) is 2.59. The number of nitrogens with one attached hydrogen (secondary N) is 1. The first-order valence-corrected chi connectivity index (χ1v) is 4.96. The highest BCUT2D eigenvalue weighted by molar-refractivity contribution is 5.78. The number of rotatable bonds is 4. The minimum atomic E-state index is -0.918. The van der Waals surface area contributed by atoms with Gasteiger partial charge in [-0.05, 0) is 17.7 Å². The van der Waals surface area contributed by atoms with Gasteiger partial charge in [-0.2, -0.15) is 0 Å². The number of benzene rings is 1. The summed E-state index contributed by atoms with van der Waals surface area (Å²) in [5.74, 6) is -2.30. The third-order valence-corrected chi connectivity index (χ3v) is 2.25. The van der Waals surface area contributed by atoms with Gasteiger partial charge in [0.1, 0.15) is 0 Å². The Kier molecular flexibility index (Phi) is 4.37. The molecule has 1 aromatic rings. The Balaban J connectivity index is 2.55. The van der Waals surface area contributed by atoms with Gasteiger partial charge in [-0.25, -0.2) is 8.78 Å². The van der Waals surface area contributed by atoms with Crippen molar-refractivity contribution >= 4 is 5.91 Å². The summed E-state index contributed by atoms with van der Waals surface area (Å²) in [6, 6.07) is 3.51. The average molecular weight is 228 g/mol. The molecule has 0 radical (unpaired) electrons. The molecule has 0 spiro atoms. The quantitative estimate of drug-likeness (QED) is 0.813. The van der Waals surface area contributed by atoms with Gasteiger partial charge in [0.25, 0.3) is 0 Å². The van der Waals surface area contributed by atoms with Crippen LogP contribution in [0.1, 0.15) is 12.5 Å². The summed E-state index contributed by atoms with van der Waals surface area (Å²) in [4.78, 5) is 11.3. The largest absolute Gasteiger partial charge is 0.352 e. The fourth-order valence-corrected chi connectivity index (χ4v) is 1.12. The summed E-state index contributed by atoms with van der Waals surface area (Å²) in [7, 11) is 0. The Morgan fingerprint density at radius 3 is 2.69 bits per heavy atom. The van der Waals surface area contributed by atoms with Crippen LogP contribution >= 0.6 is 0 Å². The Hall–Kier alpha value is -1.49. The zero-order valence-electron chi connectivity index (χ0n) is 8.97. The predicted molar refractivity (Wildman–Crippen MR) is 56.4 cm³/mol. The van der Waals surface area contributed by atoms with Crippen molar-refractivity contribution in [3.05, 3.63) is 35.4 Å². The fraction of sp³-hybridized carbons (Fsp3) is 0.364. The molecular formula is C11H14F2N2O. The number of amides is 1. The lowest BCUT2D eigenvalue weighted by atomic mass is 10.1. The highest BCUT2D eigenvalue weighted by atomic mass is 19.2. The lowest BCUT2D eigenvalue weighted by Crippen LogP contribution is -2.32. The molecule has 0 aromatic heterocycles. The average Bonchev–Trinajstić information content (AvgIpc) is 2.29.